The number of halogens is 1. The molecular formula is C21H22ClN3O3. The van der Waals surface area contributed by atoms with E-state index >= 15 is 0 Å². The van der Waals surface area contributed by atoms with Gasteiger partial charge in [-0.2, -0.15) is 0 Å². The molecule has 2 amide bonds. The van der Waals surface area contributed by atoms with E-state index in [1.807, 2.05) is 11.0 Å². The molecule has 7 heteroatoms. The Morgan fingerprint density at radius 3 is 2.36 bits per heavy atom. The Bertz CT molecular complexity index is 842. The minimum atomic E-state index is 0.0176. The summed E-state index contributed by atoms with van der Waals surface area (Å²) in [6.45, 7) is 1.28. The number of hydrogen-bond acceptors (Lipinski definition) is 4. The summed E-state index contributed by atoms with van der Waals surface area (Å²) in [6, 6.07) is 10.5. The Hall–Kier alpha value is -2.60. The van der Waals surface area contributed by atoms with Crippen LogP contribution in [0.4, 0.5) is 5.69 Å². The predicted octanol–water partition coefficient (Wildman–Crippen LogP) is 3.77. The highest BCUT2D eigenvalue weighted by Gasteiger charge is 2.29. The topological polar surface area (TPSA) is 71.5 Å². The molecule has 2 aliphatic rings. The molecule has 4 rings (SSSR count). The Labute approximate surface area is 168 Å². The molecule has 1 saturated carbocycles. The summed E-state index contributed by atoms with van der Waals surface area (Å²) < 4.78 is 5.95. The van der Waals surface area contributed by atoms with E-state index < -0.39 is 0 Å². The van der Waals surface area contributed by atoms with Gasteiger partial charge in [0.05, 0.1) is 11.9 Å². The summed E-state index contributed by atoms with van der Waals surface area (Å²) in [5, 5.41) is 3.48. The summed E-state index contributed by atoms with van der Waals surface area (Å²) in [5.74, 6) is 0.779. The van der Waals surface area contributed by atoms with Gasteiger partial charge in [-0.15, -0.1) is 0 Å². The third-order valence-corrected chi connectivity index (χ3v) is 5.31. The van der Waals surface area contributed by atoms with Gasteiger partial charge in [-0.25, -0.2) is 4.98 Å². The van der Waals surface area contributed by atoms with Crippen LogP contribution >= 0.6 is 11.6 Å². The SMILES string of the molecule is O=C(Nc1ccc(OC2CCN(C(=O)c3ccc(Cl)cc3)CC2)nc1)C1CC1. The molecule has 2 heterocycles. The van der Waals surface area contributed by atoms with Gasteiger partial charge in [0, 0.05) is 48.5 Å². The molecule has 1 N–H and O–H groups in total. The Kier molecular flexibility index (Phi) is 5.48. The molecule has 2 fully saturated rings. The number of anilines is 1. The number of aromatic nitrogens is 1. The number of carbonyl (C=O) groups is 2. The highest BCUT2D eigenvalue weighted by Crippen LogP contribution is 2.30. The van der Waals surface area contributed by atoms with Gasteiger partial charge >= 0.3 is 0 Å². The molecule has 146 valence electrons. The maximum atomic E-state index is 12.5. The second kappa shape index (κ2) is 8.19. The van der Waals surface area contributed by atoms with Crippen LogP contribution in [0.5, 0.6) is 5.88 Å². The van der Waals surface area contributed by atoms with Crippen LogP contribution in [0, 0.1) is 5.92 Å². The zero-order valence-corrected chi connectivity index (χ0v) is 16.2. The molecule has 0 radical (unpaired) electrons. The van der Waals surface area contributed by atoms with Crippen molar-refractivity contribution in [2.24, 2.45) is 5.92 Å². The van der Waals surface area contributed by atoms with Gasteiger partial charge in [0.1, 0.15) is 6.10 Å². The van der Waals surface area contributed by atoms with Crippen LogP contribution in [0.2, 0.25) is 5.02 Å². The number of hydrogen-bond donors (Lipinski definition) is 1. The quantitative estimate of drug-likeness (QED) is 0.830. The van der Waals surface area contributed by atoms with Crippen LogP contribution in [-0.2, 0) is 4.79 Å². The molecule has 1 aromatic carbocycles. The van der Waals surface area contributed by atoms with Crippen molar-refractivity contribution in [2.75, 3.05) is 18.4 Å². The van der Waals surface area contributed by atoms with E-state index in [2.05, 4.69) is 10.3 Å². The van der Waals surface area contributed by atoms with Crippen LogP contribution in [0.1, 0.15) is 36.0 Å². The van der Waals surface area contributed by atoms with Crippen LogP contribution in [0.15, 0.2) is 42.6 Å². The van der Waals surface area contributed by atoms with E-state index in [-0.39, 0.29) is 23.8 Å². The number of benzene rings is 1. The van der Waals surface area contributed by atoms with E-state index in [1.165, 1.54) is 0 Å². The van der Waals surface area contributed by atoms with E-state index in [0.29, 0.717) is 35.2 Å². The number of amides is 2. The Morgan fingerprint density at radius 1 is 1.04 bits per heavy atom. The number of carbonyl (C=O) groups excluding carboxylic acids is 2. The summed E-state index contributed by atoms with van der Waals surface area (Å²) >= 11 is 5.88. The standard InChI is InChI=1S/C21H22ClN3O3/c22-16-5-3-15(4-6-16)21(27)25-11-9-18(10-12-25)28-19-8-7-17(13-23-19)24-20(26)14-1-2-14/h3-8,13-14,18H,1-2,9-12H2,(H,24,26). The second-order valence-electron chi connectivity index (χ2n) is 7.26. The highest BCUT2D eigenvalue weighted by atomic mass is 35.5. The van der Waals surface area contributed by atoms with Gasteiger partial charge in [-0.05, 0) is 43.2 Å². The van der Waals surface area contributed by atoms with E-state index in [9.17, 15) is 9.59 Å². The smallest absolute Gasteiger partial charge is 0.253 e. The van der Waals surface area contributed by atoms with Crippen molar-refractivity contribution in [3.63, 3.8) is 0 Å². The zero-order valence-electron chi connectivity index (χ0n) is 15.4. The normalized spacial score (nSPS) is 17.2. The van der Waals surface area contributed by atoms with Crippen LogP contribution < -0.4 is 10.1 Å². The number of rotatable bonds is 5. The van der Waals surface area contributed by atoms with Gasteiger partial charge in [0.2, 0.25) is 11.8 Å². The summed E-state index contributed by atoms with van der Waals surface area (Å²) in [7, 11) is 0. The van der Waals surface area contributed by atoms with E-state index in [4.69, 9.17) is 16.3 Å². The summed E-state index contributed by atoms with van der Waals surface area (Å²) in [6.07, 6.45) is 5.09. The fourth-order valence-corrected chi connectivity index (χ4v) is 3.36. The van der Waals surface area contributed by atoms with Crippen LogP contribution in [-0.4, -0.2) is 40.9 Å². The van der Waals surface area contributed by atoms with E-state index in [0.717, 1.165) is 25.7 Å². The van der Waals surface area contributed by atoms with Gasteiger partial charge in [-0.1, -0.05) is 11.6 Å². The first-order valence-corrected chi connectivity index (χ1v) is 9.95. The van der Waals surface area contributed by atoms with Gasteiger partial charge < -0.3 is 15.0 Å². The number of pyridine rings is 1. The zero-order chi connectivity index (χ0) is 19.5. The molecule has 1 aromatic heterocycles. The van der Waals surface area contributed by atoms with Crippen molar-refractivity contribution in [3.8, 4) is 5.88 Å². The number of piperidine rings is 1. The van der Waals surface area contributed by atoms with Crippen LogP contribution in [0.3, 0.4) is 0 Å². The summed E-state index contributed by atoms with van der Waals surface area (Å²) in [4.78, 5) is 30.4. The number of likely N-dealkylation sites (tertiary alicyclic amines) is 1. The first-order chi connectivity index (χ1) is 13.6. The summed E-state index contributed by atoms with van der Waals surface area (Å²) in [5.41, 5.74) is 1.34. The maximum absolute atomic E-state index is 12.5. The number of nitrogens with zero attached hydrogens (tertiary/aromatic N) is 2. The van der Waals surface area contributed by atoms with Crippen molar-refractivity contribution < 1.29 is 14.3 Å². The van der Waals surface area contributed by atoms with Crippen LogP contribution in [0.25, 0.3) is 0 Å². The molecule has 0 bridgehead atoms. The maximum Gasteiger partial charge on any atom is 0.253 e. The number of nitrogens with one attached hydrogen (secondary N) is 1. The molecular weight excluding hydrogens is 378 g/mol. The first-order valence-electron chi connectivity index (χ1n) is 9.57. The lowest BCUT2D eigenvalue weighted by Gasteiger charge is -2.32. The average Bonchev–Trinajstić information content (AvgIpc) is 3.56. The van der Waals surface area contributed by atoms with Gasteiger partial charge in [-0.3, -0.25) is 9.59 Å². The molecule has 28 heavy (non-hydrogen) atoms. The minimum Gasteiger partial charge on any atom is -0.474 e. The third-order valence-electron chi connectivity index (χ3n) is 5.06. The van der Waals surface area contributed by atoms with Crippen molar-refractivity contribution in [1.82, 2.24) is 9.88 Å². The average molecular weight is 400 g/mol. The fraction of sp³-hybridized carbons (Fsp3) is 0.381. The van der Waals surface area contributed by atoms with Crippen molar-refractivity contribution in [2.45, 2.75) is 31.8 Å². The largest absolute Gasteiger partial charge is 0.474 e. The van der Waals surface area contributed by atoms with Gasteiger partial charge in [0.25, 0.3) is 5.91 Å². The molecule has 0 spiro atoms. The predicted molar refractivity (Wildman–Crippen MR) is 107 cm³/mol. The molecule has 0 atom stereocenters. The highest BCUT2D eigenvalue weighted by molar-refractivity contribution is 6.30. The number of ether oxygens (including phenoxy) is 1. The molecule has 2 aromatic rings. The second-order valence-corrected chi connectivity index (χ2v) is 7.70. The molecule has 1 aliphatic carbocycles. The van der Waals surface area contributed by atoms with Crippen molar-refractivity contribution >= 4 is 29.1 Å². The van der Waals surface area contributed by atoms with Gasteiger partial charge in [0.15, 0.2) is 0 Å². The molecule has 1 aliphatic heterocycles. The molecule has 1 saturated heterocycles. The fourth-order valence-electron chi connectivity index (χ4n) is 3.24. The Balaban J connectivity index is 1.26. The monoisotopic (exact) mass is 399 g/mol. The van der Waals surface area contributed by atoms with Crippen molar-refractivity contribution in [3.05, 3.63) is 53.2 Å². The lowest BCUT2D eigenvalue weighted by Crippen LogP contribution is -2.41. The Morgan fingerprint density at radius 2 is 1.75 bits per heavy atom. The van der Waals surface area contributed by atoms with Crippen molar-refractivity contribution in [1.29, 1.82) is 0 Å². The lowest BCUT2D eigenvalue weighted by atomic mass is 10.1. The first kappa shape index (κ1) is 18.7. The minimum absolute atomic E-state index is 0.0176. The lowest BCUT2D eigenvalue weighted by molar-refractivity contribution is -0.117. The van der Waals surface area contributed by atoms with E-state index in [1.54, 1.807) is 36.5 Å². The third kappa shape index (κ3) is 4.62. The molecule has 0 unspecified atom stereocenters. The molecule has 6 nitrogen and oxygen atoms in total.